The zero-order chi connectivity index (χ0) is 32.4. The minimum absolute atomic E-state index is 0.0377. The number of nitrogens with zero attached hydrogens (tertiary/aromatic N) is 2. The molecule has 1 saturated heterocycles. The van der Waals surface area contributed by atoms with Crippen LogP contribution in [0.25, 0.3) is 5.76 Å². The number of primary amides is 1. The van der Waals surface area contributed by atoms with Crippen LogP contribution in [0.3, 0.4) is 0 Å². The lowest BCUT2D eigenvalue weighted by atomic mass is 9.53. The van der Waals surface area contributed by atoms with Crippen LogP contribution in [0.15, 0.2) is 48.0 Å². The topological polar surface area (TPSA) is 197 Å². The number of benzene rings is 2. The van der Waals surface area contributed by atoms with Crippen molar-refractivity contribution in [3.8, 4) is 5.75 Å². The number of aliphatic hydroxyl groups is 4. The number of hydrogen-bond donors (Lipinski definition) is 7. The molecule has 3 fully saturated rings. The summed E-state index contributed by atoms with van der Waals surface area (Å²) in [5, 5.41) is 60.5. The SMILES string of the molecule is CN(C)[C@H]1C(O)C(C(N)=O)C(=O)[C@]2(O)C(=O)C3=C(O)c4c(ccc(NC5CCN(Cc6ccccc6)CC5)c4O)[CH][C@@H]3[C@@H](O)[C@H]12. The highest BCUT2D eigenvalue weighted by atomic mass is 16.3. The van der Waals surface area contributed by atoms with Gasteiger partial charge < -0.3 is 41.5 Å². The smallest absolute Gasteiger partial charge is 0.230 e. The molecule has 12 nitrogen and oxygen atoms in total. The van der Waals surface area contributed by atoms with Gasteiger partial charge in [-0.05, 0) is 44.1 Å². The molecule has 3 aliphatic carbocycles. The van der Waals surface area contributed by atoms with Crippen LogP contribution in [-0.2, 0) is 20.9 Å². The minimum Gasteiger partial charge on any atom is -0.507 e. The lowest BCUT2D eigenvalue weighted by Crippen LogP contribution is -2.76. The van der Waals surface area contributed by atoms with Gasteiger partial charge >= 0.3 is 0 Å². The number of likely N-dealkylation sites (N-methyl/N-ethyl adjacent to an activating group) is 1. The third-order valence-electron chi connectivity index (χ3n) is 10.0. The van der Waals surface area contributed by atoms with Gasteiger partial charge in [-0.25, -0.2) is 0 Å². The maximum atomic E-state index is 14.0. The van der Waals surface area contributed by atoms with Crippen molar-refractivity contribution in [2.75, 3.05) is 32.5 Å². The number of ketones is 2. The fourth-order valence-corrected chi connectivity index (χ4v) is 7.78. The first-order valence-corrected chi connectivity index (χ1v) is 15.2. The molecule has 12 heteroatoms. The highest BCUT2D eigenvalue weighted by Crippen LogP contribution is 2.53. The molecule has 8 N–H and O–H groups in total. The Morgan fingerprint density at radius 2 is 1.71 bits per heavy atom. The predicted octanol–water partition coefficient (Wildman–Crippen LogP) is 0.186. The molecule has 0 bridgehead atoms. The summed E-state index contributed by atoms with van der Waals surface area (Å²) in [7, 11) is 3.03. The number of carbonyl (C=O) groups is 3. The molecular weight excluding hydrogens is 580 g/mol. The average molecular weight is 620 g/mol. The van der Waals surface area contributed by atoms with Crippen molar-refractivity contribution >= 4 is 28.9 Å². The van der Waals surface area contributed by atoms with E-state index in [0.29, 0.717) is 11.3 Å². The van der Waals surface area contributed by atoms with Crippen molar-refractivity contribution in [3.63, 3.8) is 0 Å². The number of Topliss-reactive ketones (excluding diaryl/α,β-unsaturated/α-hetero) is 2. The van der Waals surface area contributed by atoms with Gasteiger partial charge in [0.15, 0.2) is 11.4 Å². The first-order chi connectivity index (χ1) is 21.4. The van der Waals surface area contributed by atoms with Crippen LogP contribution in [0.5, 0.6) is 5.75 Å². The molecule has 1 heterocycles. The van der Waals surface area contributed by atoms with E-state index in [4.69, 9.17) is 5.73 Å². The van der Waals surface area contributed by atoms with Crippen molar-refractivity contribution in [2.24, 2.45) is 23.5 Å². The minimum atomic E-state index is -2.96. The molecule has 2 saturated carbocycles. The van der Waals surface area contributed by atoms with Gasteiger partial charge in [0.05, 0.1) is 23.5 Å². The van der Waals surface area contributed by atoms with E-state index in [1.807, 2.05) is 18.2 Å². The van der Waals surface area contributed by atoms with Crippen molar-refractivity contribution in [1.82, 2.24) is 9.80 Å². The van der Waals surface area contributed by atoms with Gasteiger partial charge in [0, 0.05) is 55.5 Å². The Labute approximate surface area is 260 Å². The number of phenolic OH excluding ortho intramolecular Hbond substituents is 1. The Bertz CT molecular complexity index is 1550. The fraction of sp³-hybridized carbons (Fsp3) is 0.455. The van der Waals surface area contributed by atoms with Gasteiger partial charge in [-0.1, -0.05) is 36.4 Å². The third-order valence-corrected chi connectivity index (χ3v) is 10.0. The zero-order valence-corrected chi connectivity index (χ0v) is 25.1. The number of rotatable bonds is 6. The molecule has 239 valence electrons. The van der Waals surface area contributed by atoms with Gasteiger partial charge in [-0.2, -0.15) is 0 Å². The number of piperidine rings is 1. The molecule has 1 amide bonds. The molecule has 45 heavy (non-hydrogen) atoms. The van der Waals surface area contributed by atoms with Gasteiger partial charge in [-0.15, -0.1) is 0 Å². The number of carbonyl (C=O) groups excluding carboxylic acids is 3. The van der Waals surface area contributed by atoms with E-state index in [9.17, 15) is 39.9 Å². The zero-order valence-electron chi connectivity index (χ0n) is 25.1. The second-order valence-corrected chi connectivity index (χ2v) is 12.9. The third kappa shape index (κ3) is 4.92. The predicted molar refractivity (Wildman–Crippen MR) is 164 cm³/mol. The number of amides is 1. The first-order valence-electron chi connectivity index (χ1n) is 15.2. The van der Waals surface area contributed by atoms with E-state index >= 15 is 0 Å². The maximum Gasteiger partial charge on any atom is 0.230 e. The highest BCUT2D eigenvalue weighted by Gasteiger charge is 2.70. The van der Waals surface area contributed by atoms with Gasteiger partial charge in [0.2, 0.25) is 11.7 Å². The summed E-state index contributed by atoms with van der Waals surface area (Å²) in [6, 6.07) is 12.4. The lowest BCUT2D eigenvalue weighted by molar-refractivity contribution is -0.197. The molecule has 2 unspecified atom stereocenters. The summed E-state index contributed by atoms with van der Waals surface area (Å²) in [6.45, 7) is 2.54. The van der Waals surface area contributed by atoms with Crippen LogP contribution in [0.4, 0.5) is 5.69 Å². The van der Waals surface area contributed by atoms with E-state index in [0.717, 1.165) is 32.5 Å². The van der Waals surface area contributed by atoms with Crippen LogP contribution in [-0.4, -0.2) is 110 Å². The monoisotopic (exact) mass is 619 g/mol. The largest absolute Gasteiger partial charge is 0.507 e. The summed E-state index contributed by atoms with van der Waals surface area (Å²) >= 11 is 0. The number of anilines is 1. The van der Waals surface area contributed by atoms with Gasteiger partial charge in [-0.3, -0.25) is 19.3 Å². The number of aliphatic hydroxyl groups excluding tert-OH is 3. The van der Waals surface area contributed by atoms with Crippen molar-refractivity contribution in [1.29, 1.82) is 0 Å². The quantitative estimate of drug-likeness (QED) is 0.172. The molecule has 1 aliphatic heterocycles. The molecule has 6 rings (SSSR count). The number of nitrogens with one attached hydrogen (secondary N) is 1. The number of hydrogen-bond acceptors (Lipinski definition) is 11. The average Bonchev–Trinajstić information content (AvgIpc) is 3.00. The van der Waals surface area contributed by atoms with Crippen molar-refractivity contribution in [2.45, 2.75) is 49.3 Å². The van der Waals surface area contributed by atoms with Crippen LogP contribution < -0.4 is 11.1 Å². The van der Waals surface area contributed by atoms with Crippen molar-refractivity contribution < 1.29 is 39.9 Å². The van der Waals surface area contributed by atoms with Crippen LogP contribution >= 0.6 is 0 Å². The molecule has 7 atom stereocenters. The number of fused-ring (bicyclic) bond motifs is 3. The van der Waals surface area contributed by atoms with Crippen molar-refractivity contribution in [3.05, 3.63) is 71.1 Å². The number of phenols is 1. The summed E-state index contributed by atoms with van der Waals surface area (Å²) in [5.74, 6) is -9.40. The van der Waals surface area contributed by atoms with Crippen LogP contribution in [0.1, 0.15) is 29.5 Å². The van der Waals surface area contributed by atoms with E-state index < -0.39 is 70.4 Å². The molecule has 2 aromatic rings. The molecule has 1 radical (unpaired) electrons. The summed E-state index contributed by atoms with van der Waals surface area (Å²) < 4.78 is 0. The summed E-state index contributed by atoms with van der Waals surface area (Å²) in [4.78, 5) is 43.6. The molecule has 4 aliphatic rings. The summed E-state index contributed by atoms with van der Waals surface area (Å²) in [6.07, 6.45) is -0.200. The standard InChI is InChI=1S/C33H39N4O8/c1-36(2)25-24-26(38)19-14-17-8-9-20(35-18-10-12-37(13-11-18)15-16-6-4-3-5-7-16)27(39)21(17)28(40)22(19)30(42)33(24,45)31(43)23(29(25)41)32(34)44/h3-9,14,18-19,23-26,29,35,38-41,45H,10-13,15H2,1-2H3,(H2,34,44)/t19-,23?,24-,25+,26+,29?,33+/m0/s1. The van der Waals surface area contributed by atoms with E-state index in [2.05, 4.69) is 22.3 Å². The second kappa shape index (κ2) is 11.5. The second-order valence-electron chi connectivity index (χ2n) is 12.9. The van der Waals surface area contributed by atoms with Gasteiger partial charge in [0.1, 0.15) is 17.4 Å². The van der Waals surface area contributed by atoms with Crippen LogP contribution in [0.2, 0.25) is 0 Å². The van der Waals surface area contributed by atoms with E-state index in [-0.39, 0.29) is 17.4 Å². The van der Waals surface area contributed by atoms with E-state index in [1.54, 1.807) is 12.1 Å². The van der Waals surface area contributed by atoms with Crippen LogP contribution in [0, 0.1) is 24.2 Å². The normalized spacial score (nSPS) is 32.2. The Balaban J connectivity index is 1.29. The Hall–Kier alpha value is -3.81. The first kappa shape index (κ1) is 31.2. The van der Waals surface area contributed by atoms with E-state index in [1.165, 1.54) is 31.0 Å². The number of nitrogens with two attached hydrogens (primary N) is 1. The molecular formula is C33H39N4O8. The molecule has 2 aromatic carbocycles. The Morgan fingerprint density at radius 1 is 1.04 bits per heavy atom. The number of likely N-dealkylation sites (tertiary alicyclic amines) is 1. The maximum absolute atomic E-state index is 14.0. The fourth-order valence-electron chi connectivity index (χ4n) is 7.78. The summed E-state index contributed by atoms with van der Waals surface area (Å²) in [5.41, 5.74) is 3.85. The highest BCUT2D eigenvalue weighted by molar-refractivity contribution is 6.25. The molecule has 0 spiro atoms. The Morgan fingerprint density at radius 3 is 2.33 bits per heavy atom. The van der Waals surface area contributed by atoms with Gasteiger partial charge in [0.25, 0.3) is 0 Å². The lowest BCUT2D eigenvalue weighted by Gasteiger charge is -2.55. The molecule has 0 aromatic heterocycles. The number of aromatic hydroxyl groups is 1. The Kier molecular flexibility index (Phi) is 7.99.